The molecule has 25 heavy (non-hydrogen) atoms. The molecule has 1 aliphatic heterocycles. The molecule has 2 aromatic carbocycles. The zero-order valence-corrected chi connectivity index (χ0v) is 14.9. The highest BCUT2D eigenvalue weighted by molar-refractivity contribution is 6.33. The molecular weight excluding hydrogens is 340 g/mol. The number of aryl methyl sites for hydroxylation is 1. The van der Waals surface area contributed by atoms with E-state index < -0.39 is 0 Å². The molecule has 0 radical (unpaired) electrons. The number of hydrogen-bond acceptors (Lipinski definition) is 4. The van der Waals surface area contributed by atoms with Crippen LogP contribution in [0.3, 0.4) is 0 Å². The van der Waals surface area contributed by atoms with Crippen LogP contribution in [-0.2, 0) is 11.2 Å². The first-order valence-corrected chi connectivity index (χ1v) is 8.65. The van der Waals surface area contributed by atoms with Crippen LogP contribution in [0.15, 0.2) is 36.4 Å². The van der Waals surface area contributed by atoms with Crippen molar-refractivity contribution in [3.63, 3.8) is 0 Å². The van der Waals surface area contributed by atoms with Gasteiger partial charge in [-0.15, -0.1) is 0 Å². The molecule has 5 nitrogen and oxygen atoms in total. The van der Waals surface area contributed by atoms with Gasteiger partial charge in [-0.2, -0.15) is 0 Å². The lowest BCUT2D eigenvalue weighted by Gasteiger charge is -2.20. The van der Waals surface area contributed by atoms with Crippen LogP contribution in [0.5, 0.6) is 11.5 Å². The number of nitrogens with one attached hydrogen (secondary N) is 2. The monoisotopic (exact) mass is 360 g/mol. The predicted octanol–water partition coefficient (Wildman–Crippen LogP) is 3.19. The van der Waals surface area contributed by atoms with Gasteiger partial charge in [0.15, 0.2) is 11.5 Å². The van der Waals surface area contributed by atoms with Gasteiger partial charge < -0.3 is 20.1 Å². The van der Waals surface area contributed by atoms with E-state index >= 15 is 0 Å². The average Bonchev–Trinajstić information content (AvgIpc) is 2.61. The molecule has 0 spiro atoms. The second-order valence-electron chi connectivity index (χ2n) is 5.86. The summed E-state index contributed by atoms with van der Waals surface area (Å²) >= 11 is 6.22. The summed E-state index contributed by atoms with van der Waals surface area (Å²) in [5.41, 5.74) is 3.13. The molecule has 0 bridgehead atoms. The van der Waals surface area contributed by atoms with Gasteiger partial charge >= 0.3 is 0 Å². The van der Waals surface area contributed by atoms with E-state index in [1.54, 1.807) is 12.1 Å². The molecule has 0 fully saturated rings. The Morgan fingerprint density at radius 1 is 1.16 bits per heavy atom. The van der Waals surface area contributed by atoms with E-state index in [4.69, 9.17) is 21.1 Å². The summed E-state index contributed by atoms with van der Waals surface area (Å²) in [5, 5.41) is 6.45. The standard InChI is InChI=1S/C19H21ClN2O3/c1-13-4-2-3-5-14(13)6-7-21-19(23)12-22-16-11-18-17(10-15(16)20)24-8-9-25-18/h2-5,10-11,22H,6-9,12H2,1H3,(H,21,23). The number of halogens is 1. The minimum absolute atomic E-state index is 0.0838. The van der Waals surface area contributed by atoms with Crippen LogP contribution in [0.1, 0.15) is 11.1 Å². The lowest BCUT2D eigenvalue weighted by Crippen LogP contribution is -2.31. The van der Waals surface area contributed by atoms with Crippen molar-refractivity contribution in [2.24, 2.45) is 0 Å². The Hall–Kier alpha value is -2.40. The van der Waals surface area contributed by atoms with E-state index in [2.05, 4.69) is 29.7 Å². The topological polar surface area (TPSA) is 59.6 Å². The highest BCUT2D eigenvalue weighted by Crippen LogP contribution is 2.37. The van der Waals surface area contributed by atoms with Gasteiger partial charge in [0.05, 0.1) is 17.3 Å². The number of hydrogen-bond donors (Lipinski definition) is 2. The number of fused-ring (bicyclic) bond motifs is 1. The van der Waals surface area contributed by atoms with Gasteiger partial charge in [0.25, 0.3) is 0 Å². The molecule has 132 valence electrons. The van der Waals surface area contributed by atoms with Gasteiger partial charge in [0, 0.05) is 18.7 Å². The Morgan fingerprint density at radius 3 is 2.64 bits per heavy atom. The Morgan fingerprint density at radius 2 is 1.88 bits per heavy atom. The summed E-state index contributed by atoms with van der Waals surface area (Å²) in [6.07, 6.45) is 0.809. The maximum atomic E-state index is 12.0. The number of amides is 1. The summed E-state index contributed by atoms with van der Waals surface area (Å²) in [7, 11) is 0. The second-order valence-corrected chi connectivity index (χ2v) is 6.26. The van der Waals surface area contributed by atoms with E-state index in [0.29, 0.717) is 42.0 Å². The van der Waals surface area contributed by atoms with Crippen molar-refractivity contribution in [3.05, 3.63) is 52.5 Å². The van der Waals surface area contributed by atoms with Crippen LogP contribution < -0.4 is 20.1 Å². The van der Waals surface area contributed by atoms with E-state index in [9.17, 15) is 4.79 Å². The highest BCUT2D eigenvalue weighted by Gasteiger charge is 2.15. The molecule has 1 aliphatic rings. The first-order valence-electron chi connectivity index (χ1n) is 8.27. The first kappa shape index (κ1) is 17.4. The molecule has 1 amide bonds. The fraction of sp³-hybridized carbons (Fsp3) is 0.316. The largest absolute Gasteiger partial charge is 0.486 e. The maximum absolute atomic E-state index is 12.0. The first-order chi connectivity index (χ1) is 12.1. The van der Waals surface area contributed by atoms with Crippen molar-refractivity contribution < 1.29 is 14.3 Å². The molecule has 0 unspecified atom stereocenters. The van der Waals surface area contributed by atoms with Crippen molar-refractivity contribution >= 4 is 23.2 Å². The third-order valence-electron chi connectivity index (χ3n) is 4.05. The van der Waals surface area contributed by atoms with Crippen molar-refractivity contribution in [3.8, 4) is 11.5 Å². The number of carbonyl (C=O) groups is 1. The molecule has 2 aromatic rings. The number of anilines is 1. The quantitative estimate of drug-likeness (QED) is 0.830. The lowest BCUT2D eigenvalue weighted by atomic mass is 10.1. The fourth-order valence-corrected chi connectivity index (χ4v) is 2.89. The molecule has 0 saturated heterocycles. The molecule has 0 aromatic heterocycles. The fourth-order valence-electron chi connectivity index (χ4n) is 2.66. The van der Waals surface area contributed by atoms with Crippen molar-refractivity contribution in [2.45, 2.75) is 13.3 Å². The van der Waals surface area contributed by atoms with Gasteiger partial charge in [-0.25, -0.2) is 0 Å². The normalized spacial score (nSPS) is 12.6. The van der Waals surface area contributed by atoms with Gasteiger partial charge in [-0.05, 0) is 24.5 Å². The maximum Gasteiger partial charge on any atom is 0.239 e. The van der Waals surface area contributed by atoms with Crippen LogP contribution in [0.4, 0.5) is 5.69 Å². The van der Waals surface area contributed by atoms with E-state index in [1.165, 1.54) is 11.1 Å². The summed E-state index contributed by atoms with van der Waals surface area (Å²) in [6.45, 7) is 3.84. The van der Waals surface area contributed by atoms with Gasteiger partial charge in [-0.3, -0.25) is 4.79 Å². The van der Waals surface area contributed by atoms with Crippen LogP contribution in [-0.4, -0.2) is 32.2 Å². The summed E-state index contributed by atoms with van der Waals surface area (Å²) in [4.78, 5) is 12.0. The minimum atomic E-state index is -0.0838. The number of carbonyl (C=O) groups excluding carboxylic acids is 1. The van der Waals surface area contributed by atoms with E-state index in [1.807, 2.05) is 12.1 Å². The van der Waals surface area contributed by atoms with E-state index in [0.717, 1.165) is 6.42 Å². The Labute approximate surface area is 152 Å². The van der Waals surface area contributed by atoms with Crippen molar-refractivity contribution in [1.82, 2.24) is 5.32 Å². The van der Waals surface area contributed by atoms with Crippen molar-refractivity contribution in [1.29, 1.82) is 0 Å². The van der Waals surface area contributed by atoms with Crippen LogP contribution in [0.25, 0.3) is 0 Å². The number of ether oxygens (including phenoxy) is 2. The minimum Gasteiger partial charge on any atom is -0.486 e. The summed E-state index contributed by atoms with van der Waals surface area (Å²) in [5.74, 6) is 1.18. The predicted molar refractivity (Wildman–Crippen MR) is 98.8 cm³/mol. The zero-order chi connectivity index (χ0) is 17.6. The van der Waals surface area contributed by atoms with Gasteiger partial charge in [-0.1, -0.05) is 35.9 Å². The van der Waals surface area contributed by atoms with Gasteiger partial charge in [0.1, 0.15) is 13.2 Å². The molecule has 0 aliphatic carbocycles. The van der Waals surface area contributed by atoms with E-state index in [-0.39, 0.29) is 12.5 Å². The molecule has 0 saturated carbocycles. The molecule has 1 heterocycles. The Balaban J connectivity index is 1.48. The van der Waals surface area contributed by atoms with Crippen LogP contribution in [0, 0.1) is 6.92 Å². The smallest absolute Gasteiger partial charge is 0.239 e. The highest BCUT2D eigenvalue weighted by atomic mass is 35.5. The van der Waals surface area contributed by atoms with Crippen LogP contribution >= 0.6 is 11.6 Å². The Kier molecular flexibility index (Phi) is 5.66. The third-order valence-corrected chi connectivity index (χ3v) is 4.36. The SMILES string of the molecule is Cc1ccccc1CCNC(=O)CNc1cc2c(cc1Cl)OCCO2. The number of benzene rings is 2. The lowest BCUT2D eigenvalue weighted by molar-refractivity contribution is -0.119. The summed E-state index contributed by atoms with van der Waals surface area (Å²) in [6, 6.07) is 11.6. The zero-order valence-electron chi connectivity index (χ0n) is 14.1. The average molecular weight is 361 g/mol. The molecular formula is C19H21ClN2O3. The molecule has 6 heteroatoms. The molecule has 3 rings (SSSR count). The van der Waals surface area contributed by atoms with Gasteiger partial charge in [0.2, 0.25) is 5.91 Å². The van der Waals surface area contributed by atoms with Crippen LogP contribution in [0.2, 0.25) is 5.02 Å². The molecule has 2 N–H and O–H groups in total. The summed E-state index contributed by atoms with van der Waals surface area (Å²) < 4.78 is 11.0. The number of rotatable bonds is 6. The molecule has 0 atom stereocenters. The Bertz CT molecular complexity index is 764. The third kappa shape index (κ3) is 4.57. The second kappa shape index (κ2) is 8.12. The van der Waals surface area contributed by atoms with Crippen molar-refractivity contribution in [2.75, 3.05) is 31.6 Å².